The highest BCUT2D eigenvalue weighted by atomic mass is 15.1. The fourth-order valence-electron chi connectivity index (χ4n) is 11.0. The first kappa shape index (κ1) is 39.9. The summed E-state index contributed by atoms with van der Waals surface area (Å²) in [5, 5.41) is 4.95. The van der Waals surface area contributed by atoms with E-state index < -0.39 is 0 Å². The first-order valence-corrected chi connectivity index (χ1v) is 23.8. The molecule has 0 aliphatic heterocycles. The molecular formula is C62H56N2. The Kier molecular flexibility index (Phi) is 11.3. The molecule has 0 saturated heterocycles. The minimum atomic E-state index is 0.666. The van der Waals surface area contributed by atoms with Crippen LogP contribution in [-0.4, -0.2) is 0 Å². The van der Waals surface area contributed by atoms with Crippen molar-refractivity contribution in [3.63, 3.8) is 0 Å². The van der Waals surface area contributed by atoms with Crippen molar-refractivity contribution in [3.05, 3.63) is 217 Å². The van der Waals surface area contributed by atoms with Gasteiger partial charge in [-0.25, -0.2) is 0 Å². The molecule has 314 valence electrons. The zero-order chi connectivity index (χ0) is 42.7. The molecule has 2 aliphatic carbocycles. The van der Waals surface area contributed by atoms with Crippen LogP contribution in [-0.2, 0) is 0 Å². The van der Waals surface area contributed by atoms with E-state index in [0.717, 1.165) is 22.7 Å². The minimum Gasteiger partial charge on any atom is -0.310 e. The molecule has 2 saturated carbocycles. The van der Waals surface area contributed by atoms with Gasteiger partial charge >= 0.3 is 0 Å². The molecule has 9 aromatic carbocycles. The van der Waals surface area contributed by atoms with Crippen molar-refractivity contribution in [2.75, 3.05) is 9.80 Å². The molecule has 0 atom stereocenters. The first-order chi connectivity index (χ1) is 31.8. The normalized spacial score (nSPS) is 14.8. The second kappa shape index (κ2) is 18.1. The lowest BCUT2D eigenvalue weighted by molar-refractivity contribution is 0.443. The number of rotatable bonds is 10. The van der Waals surface area contributed by atoms with Gasteiger partial charge in [-0.3, -0.25) is 0 Å². The zero-order valence-corrected chi connectivity index (χ0v) is 36.8. The van der Waals surface area contributed by atoms with Gasteiger partial charge in [0, 0.05) is 34.1 Å². The predicted molar refractivity (Wildman–Crippen MR) is 273 cm³/mol. The molecule has 11 rings (SSSR count). The van der Waals surface area contributed by atoms with Crippen LogP contribution in [0.3, 0.4) is 0 Å². The SMILES string of the molecule is c1ccc(-c2c3ccc(N(c4ccccc4)c4ccc(C5CCCCC5)cc4)cc3c(-c3ccccc3)c3ccc(N(c4ccccc4)c4ccc(C5CCCCC5)cc4)cc23)cc1. The maximum Gasteiger partial charge on any atom is 0.0468 e. The Morgan fingerprint density at radius 1 is 0.266 bits per heavy atom. The summed E-state index contributed by atoms with van der Waals surface area (Å²) in [5.41, 5.74) is 14.8. The highest BCUT2D eigenvalue weighted by Gasteiger charge is 2.23. The number of hydrogen-bond donors (Lipinski definition) is 0. The molecule has 0 radical (unpaired) electrons. The Bertz CT molecular complexity index is 2760. The van der Waals surface area contributed by atoms with Gasteiger partial charge in [0.2, 0.25) is 0 Å². The van der Waals surface area contributed by atoms with E-state index in [0.29, 0.717) is 11.8 Å². The molecule has 2 fully saturated rings. The van der Waals surface area contributed by atoms with E-state index in [2.05, 4.69) is 216 Å². The molecule has 0 bridgehead atoms. The average molecular weight is 829 g/mol. The molecule has 64 heavy (non-hydrogen) atoms. The molecule has 0 amide bonds. The predicted octanol–water partition coefficient (Wildman–Crippen LogP) is 18.4. The molecule has 0 N–H and O–H groups in total. The maximum atomic E-state index is 2.45. The van der Waals surface area contributed by atoms with Crippen molar-refractivity contribution < 1.29 is 0 Å². The van der Waals surface area contributed by atoms with E-state index in [9.17, 15) is 0 Å². The first-order valence-electron chi connectivity index (χ1n) is 23.8. The summed E-state index contributed by atoms with van der Waals surface area (Å²) in [5.74, 6) is 1.33. The lowest BCUT2D eigenvalue weighted by atomic mass is 9.84. The van der Waals surface area contributed by atoms with Gasteiger partial charge in [0.15, 0.2) is 0 Å². The minimum absolute atomic E-state index is 0.666. The van der Waals surface area contributed by atoms with Crippen LogP contribution < -0.4 is 9.80 Å². The Balaban J connectivity index is 1.12. The summed E-state index contributed by atoms with van der Waals surface area (Å²) in [6.07, 6.45) is 13.3. The summed E-state index contributed by atoms with van der Waals surface area (Å²) in [4.78, 5) is 4.87. The van der Waals surface area contributed by atoms with Crippen LogP contribution in [0.2, 0.25) is 0 Å². The van der Waals surface area contributed by atoms with Crippen LogP contribution in [0.1, 0.15) is 87.2 Å². The third-order valence-electron chi connectivity index (χ3n) is 14.2. The van der Waals surface area contributed by atoms with Gasteiger partial charge in [-0.15, -0.1) is 0 Å². The van der Waals surface area contributed by atoms with Crippen LogP contribution in [0, 0.1) is 0 Å². The van der Waals surface area contributed by atoms with Crippen molar-refractivity contribution in [2.24, 2.45) is 0 Å². The van der Waals surface area contributed by atoms with E-state index in [4.69, 9.17) is 0 Å². The van der Waals surface area contributed by atoms with Gasteiger partial charge in [0.05, 0.1) is 0 Å². The van der Waals surface area contributed by atoms with E-state index in [-0.39, 0.29) is 0 Å². The molecule has 9 aromatic rings. The van der Waals surface area contributed by atoms with Crippen LogP contribution >= 0.6 is 0 Å². The largest absolute Gasteiger partial charge is 0.310 e. The number of benzene rings is 9. The molecule has 2 heteroatoms. The second-order valence-electron chi connectivity index (χ2n) is 18.1. The third kappa shape index (κ3) is 7.88. The fourth-order valence-corrected chi connectivity index (χ4v) is 11.0. The van der Waals surface area contributed by atoms with Gasteiger partial charge in [-0.05, 0) is 165 Å². The average Bonchev–Trinajstić information content (AvgIpc) is 3.38. The fraction of sp³-hybridized carbons (Fsp3) is 0.194. The van der Waals surface area contributed by atoms with Gasteiger partial charge in [-0.2, -0.15) is 0 Å². The van der Waals surface area contributed by atoms with Gasteiger partial charge in [0.25, 0.3) is 0 Å². The monoisotopic (exact) mass is 828 g/mol. The Morgan fingerprint density at radius 2 is 0.578 bits per heavy atom. The lowest BCUT2D eigenvalue weighted by Crippen LogP contribution is -2.11. The smallest absolute Gasteiger partial charge is 0.0468 e. The Labute approximate surface area is 379 Å². The van der Waals surface area contributed by atoms with Crippen molar-refractivity contribution in [1.29, 1.82) is 0 Å². The molecule has 0 unspecified atom stereocenters. The Hall–Kier alpha value is -6.90. The Morgan fingerprint density at radius 3 is 0.938 bits per heavy atom. The topological polar surface area (TPSA) is 6.48 Å². The molecular weight excluding hydrogens is 773 g/mol. The number of fused-ring (bicyclic) bond motifs is 2. The maximum absolute atomic E-state index is 2.45. The number of para-hydroxylation sites is 2. The van der Waals surface area contributed by atoms with Gasteiger partial charge in [0.1, 0.15) is 0 Å². The van der Waals surface area contributed by atoms with E-state index in [1.54, 1.807) is 0 Å². The van der Waals surface area contributed by atoms with Crippen LogP contribution in [0.25, 0.3) is 43.8 Å². The highest BCUT2D eigenvalue weighted by Crippen LogP contribution is 2.49. The summed E-state index contributed by atoms with van der Waals surface area (Å²) in [6, 6.07) is 77.1. The number of hydrogen-bond acceptors (Lipinski definition) is 2. The van der Waals surface area contributed by atoms with Crippen LogP contribution in [0.4, 0.5) is 34.1 Å². The third-order valence-corrected chi connectivity index (χ3v) is 14.2. The van der Waals surface area contributed by atoms with Crippen molar-refractivity contribution in [1.82, 2.24) is 0 Å². The molecule has 2 nitrogen and oxygen atoms in total. The molecule has 0 spiro atoms. The van der Waals surface area contributed by atoms with Crippen LogP contribution in [0.5, 0.6) is 0 Å². The van der Waals surface area contributed by atoms with E-state index in [1.165, 1.54) is 131 Å². The molecule has 0 heterocycles. The molecule has 0 aromatic heterocycles. The lowest BCUT2D eigenvalue weighted by Gasteiger charge is -2.29. The second-order valence-corrected chi connectivity index (χ2v) is 18.1. The standard InChI is InChI=1S/C62H56N2/c1-7-19-45(20-8-1)47-31-35-53(36-32-47)63(51-27-15-5-16-28-51)55-39-41-57-59(43-55)61(49-23-11-3-12-24-49)58-42-40-56(44-60(58)62(57)50-25-13-4-14-26-50)64(52-29-17-6-18-30-52)54-37-33-48(34-38-54)46-21-9-2-10-22-46/h3-6,11-18,23-46H,1-2,7-10,19-22H2. The van der Waals surface area contributed by atoms with E-state index in [1.807, 2.05) is 0 Å². The number of anilines is 6. The van der Waals surface area contributed by atoms with Crippen LogP contribution in [0.15, 0.2) is 206 Å². The number of nitrogens with zero attached hydrogens (tertiary/aromatic N) is 2. The van der Waals surface area contributed by atoms with Crippen molar-refractivity contribution in [3.8, 4) is 22.3 Å². The van der Waals surface area contributed by atoms with E-state index >= 15 is 0 Å². The summed E-state index contributed by atoms with van der Waals surface area (Å²) < 4.78 is 0. The highest BCUT2D eigenvalue weighted by molar-refractivity contribution is 6.22. The zero-order valence-electron chi connectivity index (χ0n) is 36.8. The van der Waals surface area contributed by atoms with Crippen molar-refractivity contribution >= 4 is 55.7 Å². The molecule has 2 aliphatic rings. The summed E-state index contributed by atoms with van der Waals surface area (Å²) in [7, 11) is 0. The van der Waals surface area contributed by atoms with Gasteiger partial charge < -0.3 is 9.80 Å². The summed E-state index contributed by atoms with van der Waals surface area (Å²) in [6.45, 7) is 0. The van der Waals surface area contributed by atoms with Gasteiger partial charge in [-0.1, -0.05) is 172 Å². The summed E-state index contributed by atoms with van der Waals surface area (Å²) >= 11 is 0. The quantitative estimate of drug-likeness (QED) is 0.127. The van der Waals surface area contributed by atoms with Crippen molar-refractivity contribution in [2.45, 2.75) is 76.0 Å².